The molecule has 0 saturated carbocycles. The standard InChI is InChI=1S/C24H33N7O/c32-24(31-18-16-30(17-19-31)21-6-2-3-11-25-21)20-9-14-29(15-10-20)23-8-7-22(26-27-23)28-12-4-1-5-13-28/h2-3,6-8,11,20H,1,4-5,9-10,12-19H2. The lowest BCUT2D eigenvalue weighted by Gasteiger charge is -2.39. The largest absolute Gasteiger partial charge is 0.355 e. The van der Waals surface area contributed by atoms with Crippen LogP contribution in [0.15, 0.2) is 36.5 Å². The Kier molecular flexibility index (Phi) is 6.36. The van der Waals surface area contributed by atoms with E-state index in [1.165, 1.54) is 19.3 Å². The van der Waals surface area contributed by atoms with Crippen molar-refractivity contribution in [3.8, 4) is 0 Å². The van der Waals surface area contributed by atoms with Crippen LogP contribution >= 0.6 is 0 Å². The van der Waals surface area contributed by atoms with Gasteiger partial charge in [0, 0.05) is 64.5 Å². The van der Waals surface area contributed by atoms with E-state index >= 15 is 0 Å². The molecule has 2 aromatic rings. The molecule has 8 nitrogen and oxygen atoms in total. The van der Waals surface area contributed by atoms with E-state index in [0.717, 1.165) is 82.7 Å². The Hall–Kier alpha value is -2.90. The number of anilines is 3. The van der Waals surface area contributed by atoms with E-state index in [-0.39, 0.29) is 5.92 Å². The van der Waals surface area contributed by atoms with Crippen LogP contribution in [0.2, 0.25) is 0 Å². The smallest absolute Gasteiger partial charge is 0.225 e. The molecule has 1 amide bonds. The normalized spacial score (nSPS) is 20.5. The van der Waals surface area contributed by atoms with Crippen LogP contribution in [-0.2, 0) is 4.79 Å². The average molecular weight is 436 g/mol. The van der Waals surface area contributed by atoms with E-state index in [9.17, 15) is 4.79 Å². The minimum atomic E-state index is 0.119. The van der Waals surface area contributed by atoms with Crippen LogP contribution in [-0.4, -0.2) is 78.3 Å². The Morgan fingerprint density at radius 3 is 1.91 bits per heavy atom. The molecule has 0 N–H and O–H groups in total. The highest BCUT2D eigenvalue weighted by molar-refractivity contribution is 5.79. The summed E-state index contributed by atoms with van der Waals surface area (Å²) in [6.45, 7) is 7.14. The second-order valence-electron chi connectivity index (χ2n) is 9.06. The van der Waals surface area contributed by atoms with Crippen molar-refractivity contribution in [2.75, 3.05) is 67.1 Å². The Morgan fingerprint density at radius 2 is 1.31 bits per heavy atom. The first kappa shape index (κ1) is 21.0. The van der Waals surface area contributed by atoms with Crippen molar-refractivity contribution in [2.45, 2.75) is 32.1 Å². The number of pyridine rings is 1. The summed E-state index contributed by atoms with van der Waals surface area (Å²) in [6.07, 6.45) is 7.39. The van der Waals surface area contributed by atoms with Crippen LogP contribution in [0.1, 0.15) is 32.1 Å². The number of piperidine rings is 2. The number of carbonyl (C=O) groups excluding carboxylic acids is 1. The molecule has 0 aromatic carbocycles. The first-order valence-electron chi connectivity index (χ1n) is 12.1. The number of hydrogen-bond acceptors (Lipinski definition) is 7. The third kappa shape index (κ3) is 4.64. The van der Waals surface area contributed by atoms with Crippen LogP contribution in [0.4, 0.5) is 17.5 Å². The van der Waals surface area contributed by atoms with Crippen LogP contribution in [0.25, 0.3) is 0 Å². The zero-order chi connectivity index (χ0) is 21.8. The fourth-order valence-electron chi connectivity index (χ4n) is 5.09. The number of amides is 1. The second-order valence-corrected chi connectivity index (χ2v) is 9.06. The van der Waals surface area contributed by atoms with Crippen molar-refractivity contribution < 1.29 is 4.79 Å². The summed E-state index contributed by atoms with van der Waals surface area (Å²) in [5.74, 6) is 3.36. The van der Waals surface area contributed by atoms with E-state index in [0.29, 0.717) is 5.91 Å². The fourth-order valence-corrected chi connectivity index (χ4v) is 5.09. The monoisotopic (exact) mass is 435 g/mol. The molecule has 0 atom stereocenters. The van der Waals surface area contributed by atoms with Crippen molar-refractivity contribution in [1.82, 2.24) is 20.1 Å². The number of hydrogen-bond donors (Lipinski definition) is 0. The van der Waals surface area contributed by atoms with E-state index in [1.807, 2.05) is 29.3 Å². The second kappa shape index (κ2) is 9.71. The SMILES string of the molecule is O=C(C1CCN(c2ccc(N3CCCCC3)nn2)CC1)N1CCN(c2ccccn2)CC1. The van der Waals surface area contributed by atoms with Gasteiger partial charge in [-0.3, -0.25) is 4.79 Å². The predicted molar refractivity (Wildman–Crippen MR) is 126 cm³/mol. The maximum atomic E-state index is 13.1. The first-order valence-corrected chi connectivity index (χ1v) is 12.1. The lowest BCUT2D eigenvalue weighted by atomic mass is 9.95. The molecule has 0 bridgehead atoms. The van der Waals surface area contributed by atoms with Crippen molar-refractivity contribution >= 4 is 23.4 Å². The summed E-state index contributed by atoms with van der Waals surface area (Å²) in [4.78, 5) is 26.5. The molecule has 5 heterocycles. The predicted octanol–water partition coefficient (Wildman–Crippen LogP) is 2.43. The van der Waals surface area contributed by atoms with E-state index < -0.39 is 0 Å². The minimum Gasteiger partial charge on any atom is -0.355 e. The van der Waals surface area contributed by atoms with E-state index in [2.05, 4.69) is 42.0 Å². The lowest BCUT2D eigenvalue weighted by molar-refractivity contribution is -0.136. The van der Waals surface area contributed by atoms with Gasteiger partial charge in [0.15, 0.2) is 11.6 Å². The van der Waals surface area contributed by atoms with Gasteiger partial charge in [0.2, 0.25) is 5.91 Å². The number of carbonyl (C=O) groups is 1. The molecule has 170 valence electrons. The molecule has 3 aliphatic rings. The van der Waals surface area contributed by atoms with Gasteiger partial charge in [-0.05, 0) is 56.4 Å². The van der Waals surface area contributed by atoms with Crippen molar-refractivity contribution in [3.63, 3.8) is 0 Å². The third-order valence-corrected chi connectivity index (χ3v) is 7.05. The topological polar surface area (TPSA) is 68.7 Å². The highest BCUT2D eigenvalue weighted by Gasteiger charge is 2.31. The minimum absolute atomic E-state index is 0.119. The van der Waals surface area contributed by atoms with Gasteiger partial charge in [-0.25, -0.2) is 4.98 Å². The van der Waals surface area contributed by atoms with Gasteiger partial charge in [-0.1, -0.05) is 6.07 Å². The van der Waals surface area contributed by atoms with Crippen LogP contribution in [0, 0.1) is 5.92 Å². The summed E-state index contributed by atoms with van der Waals surface area (Å²) in [5.41, 5.74) is 0. The number of aromatic nitrogens is 3. The zero-order valence-electron chi connectivity index (χ0n) is 18.8. The van der Waals surface area contributed by atoms with Crippen molar-refractivity contribution in [3.05, 3.63) is 36.5 Å². The Bertz CT molecular complexity index is 869. The van der Waals surface area contributed by atoms with Crippen LogP contribution in [0.3, 0.4) is 0 Å². The quantitative estimate of drug-likeness (QED) is 0.731. The molecule has 32 heavy (non-hydrogen) atoms. The molecular formula is C24H33N7O. The highest BCUT2D eigenvalue weighted by atomic mass is 16.2. The first-order chi connectivity index (χ1) is 15.8. The highest BCUT2D eigenvalue weighted by Crippen LogP contribution is 2.25. The lowest BCUT2D eigenvalue weighted by Crippen LogP contribution is -2.52. The third-order valence-electron chi connectivity index (χ3n) is 7.05. The molecule has 3 fully saturated rings. The molecule has 0 radical (unpaired) electrons. The van der Waals surface area contributed by atoms with Crippen molar-refractivity contribution in [1.29, 1.82) is 0 Å². The van der Waals surface area contributed by atoms with Crippen LogP contribution < -0.4 is 14.7 Å². The summed E-state index contributed by atoms with van der Waals surface area (Å²) in [6, 6.07) is 10.2. The Morgan fingerprint density at radius 1 is 0.688 bits per heavy atom. The number of nitrogens with zero attached hydrogens (tertiary/aromatic N) is 7. The van der Waals surface area contributed by atoms with Crippen molar-refractivity contribution in [2.24, 2.45) is 5.92 Å². The maximum absolute atomic E-state index is 13.1. The molecular weight excluding hydrogens is 402 g/mol. The molecule has 0 spiro atoms. The van der Waals surface area contributed by atoms with Gasteiger partial charge >= 0.3 is 0 Å². The van der Waals surface area contributed by atoms with E-state index in [4.69, 9.17) is 0 Å². The summed E-state index contributed by atoms with van der Waals surface area (Å²) in [5, 5.41) is 8.99. The summed E-state index contributed by atoms with van der Waals surface area (Å²) in [7, 11) is 0. The molecule has 0 unspecified atom stereocenters. The molecule has 5 rings (SSSR count). The Balaban J connectivity index is 1.10. The average Bonchev–Trinajstić information content (AvgIpc) is 2.90. The molecule has 0 aliphatic carbocycles. The van der Waals surface area contributed by atoms with Gasteiger partial charge < -0.3 is 19.6 Å². The van der Waals surface area contributed by atoms with Gasteiger partial charge in [0.05, 0.1) is 0 Å². The summed E-state index contributed by atoms with van der Waals surface area (Å²) < 4.78 is 0. The van der Waals surface area contributed by atoms with Gasteiger partial charge in [0.1, 0.15) is 5.82 Å². The maximum Gasteiger partial charge on any atom is 0.225 e. The molecule has 3 aliphatic heterocycles. The molecule has 2 aromatic heterocycles. The molecule has 3 saturated heterocycles. The number of rotatable bonds is 4. The van der Waals surface area contributed by atoms with E-state index in [1.54, 1.807) is 0 Å². The van der Waals surface area contributed by atoms with Crippen LogP contribution in [0.5, 0.6) is 0 Å². The Labute approximate surface area is 190 Å². The van der Waals surface area contributed by atoms with Gasteiger partial charge in [0.25, 0.3) is 0 Å². The van der Waals surface area contributed by atoms with Gasteiger partial charge in [-0.2, -0.15) is 0 Å². The number of piperazine rings is 1. The fraction of sp³-hybridized carbons (Fsp3) is 0.583. The molecule has 8 heteroatoms. The zero-order valence-corrected chi connectivity index (χ0v) is 18.8. The summed E-state index contributed by atoms with van der Waals surface area (Å²) >= 11 is 0. The van der Waals surface area contributed by atoms with Gasteiger partial charge in [-0.15, -0.1) is 10.2 Å².